The molecule has 0 saturated heterocycles. The van der Waals surface area contributed by atoms with Crippen LogP contribution in [0.5, 0.6) is 5.75 Å². The maximum absolute atomic E-state index is 13.0. The fraction of sp³-hybridized carbons (Fsp3) is 0.391. The van der Waals surface area contributed by atoms with Gasteiger partial charge < -0.3 is 25.4 Å². The first-order valence-corrected chi connectivity index (χ1v) is 10.9. The molecular formula is C23H27N5O6. The second-order valence-electron chi connectivity index (χ2n) is 8.00. The van der Waals surface area contributed by atoms with Crippen LogP contribution in [0.2, 0.25) is 0 Å². The summed E-state index contributed by atoms with van der Waals surface area (Å²) in [5, 5.41) is 7.57. The number of rotatable bonds is 6. The van der Waals surface area contributed by atoms with Gasteiger partial charge in [0, 0.05) is 6.42 Å². The van der Waals surface area contributed by atoms with Crippen molar-refractivity contribution >= 4 is 23.7 Å². The van der Waals surface area contributed by atoms with Gasteiger partial charge in [0.05, 0.1) is 18.4 Å². The summed E-state index contributed by atoms with van der Waals surface area (Å²) >= 11 is 0. The number of Topliss-reactive ketones (excluding diaryl/α,β-unsaturated/α-hetero) is 1. The first-order chi connectivity index (χ1) is 16.3. The van der Waals surface area contributed by atoms with Crippen LogP contribution in [0.3, 0.4) is 0 Å². The average molecular weight is 469 g/mol. The van der Waals surface area contributed by atoms with Crippen molar-refractivity contribution < 1.29 is 28.7 Å². The normalized spacial score (nSPS) is 17.0. The van der Waals surface area contributed by atoms with Gasteiger partial charge in [-0.15, -0.1) is 0 Å². The van der Waals surface area contributed by atoms with Crippen LogP contribution in [0, 0.1) is 5.92 Å². The van der Waals surface area contributed by atoms with Gasteiger partial charge in [0.15, 0.2) is 5.75 Å². The highest BCUT2D eigenvalue weighted by atomic mass is 16.5. The van der Waals surface area contributed by atoms with E-state index in [2.05, 4.69) is 25.9 Å². The number of carbonyl (C=O) groups is 4. The van der Waals surface area contributed by atoms with Crippen LogP contribution >= 0.6 is 0 Å². The molecule has 2 aromatic rings. The summed E-state index contributed by atoms with van der Waals surface area (Å²) in [7, 11) is 0. The van der Waals surface area contributed by atoms with Crippen molar-refractivity contribution in [2.75, 3.05) is 13.2 Å². The average Bonchev–Trinajstić information content (AvgIpc) is 2.83. The molecule has 34 heavy (non-hydrogen) atoms. The first-order valence-electron chi connectivity index (χ1n) is 10.9. The van der Waals surface area contributed by atoms with Crippen LogP contribution in [0.1, 0.15) is 25.1 Å². The van der Waals surface area contributed by atoms with Crippen LogP contribution in [-0.2, 0) is 32.1 Å². The zero-order chi connectivity index (χ0) is 24.5. The lowest BCUT2D eigenvalue weighted by Gasteiger charge is -2.25. The third-order valence-corrected chi connectivity index (χ3v) is 5.09. The second-order valence-corrected chi connectivity index (χ2v) is 8.00. The highest BCUT2D eigenvalue weighted by Crippen LogP contribution is 2.17. The molecule has 0 spiro atoms. The van der Waals surface area contributed by atoms with E-state index in [1.807, 2.05) is 18.2 Å². The van der Waals surface area contributed by atoms with Gasteiger partial charge in [-0.25, -0.2) is 14.8 Å². The Morgan fingerprint density at radius 3 is 2.74 bits per heavy atom. The molecule has 3 amide bonds. The van der Waals surface area contributed by atoms with Crippen LogP contribution in [-0.4, -0.2) is 58.9 Å². The number of aromatic nitrogens is 2. The Morgan fingerprint density at radius 2 is 2.00 bits per heavy atom. The smallest absolute Gasteiger partial charge is 0.408 e. The molecule has 1 aliphatic rings. The minimum atomic E-state index is -1.22. The van der Waals surface area contributed by atoms with Crippen LogP contribution in [0.4, 0.5) is 4.79 Å². The van der Waals surface area contributed by atoms with Crippen LogP contribution < -0.4 is 20.7 Å². The van der Waals surface area contributed by atoms with E-state index in [-0.39, 0.29) is 32.1 Å². The predicted octanol–water partition coefficient (Wildman–Crippen LogP) is 0.533. The van der Waals surface area contributed by atoms with E-state index >= 15 is 0 Å². The van der Waals surface area contributed by atoms with Crippen molar-refractivity contribution in [3.8, 4) is 5.75 Å². The molecule has 1 aromatic heterocycles. The molecule has 11 heteroatoms. The fourth-order valence-corrected chi connectivity index (χ4v) is 3.28. The van der Waals surface area contributed by atoms with E-state index in [4.69, 9.17) is 9.47 Å². The summed E-state index contributed by atoms with van der Waals surface area (Å²) in [4.78, 5) is 58.4. The molecule has 1 aliphatic heterocycles. The summed E-state index contributed by atoms with van der Waals surface area (Å²) < 4.78 is 10.8. The minimum Gasteiger partial charge on any atom is -0.488 e. The van der Waals surface area contributed by atoms with Crippen LogP contribution in [0.25, 0.3) is 0 Å². The van der Waals surface area contributed by atoms with Crippen molar-refractivity contribution in [3.63, 3.8) is 0 Å². The quantitative estimate of drug-likeness (QED) is 0.519. The molecule has 0 aliphatic carbocycles. The third kappa shape index (κ3) is 6.74. The molecule has 0 saturated carbocycles. The monoisotopic (exact) mass is 469 g/mol. The molecule has 3 rings (SSSR count). The number of amides is 3. The van der Waals surface area contributed by atoms with Crippen molar-refractivity contribution in [1.29, 1.82) is 0 Å². The highest BCUT2D eigenvalue weighted by Gasteiger charge is 2.33. The molecule has 2 unspecified atom stereocenters. The van der Waals surface area contributed by atoms with Gasteiger partial charge in [0.1, 0.15) is 31.6 Å². The first kappa shape index (κ1) is 24.6. The van der Waals surface area contributed by atoms with Crippen molar-refractivity contribution in [1.82, 2.24) is 25.9 Å². The fourth-order valence-electron chi connectivity index (χ4n) is 3.28. The summed E-state index contributed by atoms with van der Waals surface area (Å²) in [6.45, 7) is 3.75. The summed E-state index contributed by atoms with van der Waals surface area (Å²) in [5.41, 5.74) is 1.17. The molecule has 3 N–H and O–H groups in total. The van der Waals surface area contributed by atoms with Gasteiger partial charge in [0.25, 0.3) is 5.91 Å². The van der Waals surface area contributed by atoms with Gasteiger partial charge in [0.2, 0.25) is 11.7 Å². The Bertz CT molecular complexity index is 1030. The molecule has 11 nitrogen and oxygen atoms in total. The number of ketones is 1. The molecule has 2 atom stereocenters. The van der Waals surface area contributed by atoms with Gasteiger partial charge in [-0.05, 0) is 11.5 Å². The topological polar surface area (TPSA) is 149 Å². The Kier molecular flexibility index (Phi) is 8.49. The Hall–Kier alpha value is -4.02. The van der Waals surface area contributed by atoms with Crippen LogP contribution in [0.15, 0.2) is 42.9 Å². The molecular weight excluding hydrogens is 442 g/mol. The molecule has 2 heterocycles. The number of hydrogen-bond donors (Lipinski definition) is 3. The number of alkyl carbamates (subject to hydrolysis) is 1. The molecule has 1 aromatic carbocycles. The number of nitrogens with one attached hydrogen (secondary N) is 3. The van der Waals surface area contributed by atoms with Gasteiger partial charge in [-0.2, -0.15) is 0 Å². The Balaban J connectivity index is 1.70. The molecule has 0 radical (unpaired) electrons. The predicted molar refractivity (Wildman–Crippen MR) is 120 cm³/mol. The van der Waals surface area contributed by atoms with Crippen molar-refractivity contribution in [2.45, 2.75) is 39.0 Å². The number of benzene rings is 1. The molecule has 0 bridgehead atoms. The lowest BCUT2D eigenvalue weighted by molar-refractivity contribution is -0.140. The third-order valence-electron chi connectivity index (χ3n) is 5.09. The van der Waals surface area contributed by atoms with E-state index < -0.39 is 35.8 Å². The highest BCUT2D eigenvalue weighted by molar-refractivity contribution is 6.38. The largest absolute Gasteiger partial charge is 0.488 e. The number of ether oxygens (including phenoxy) is 2. The zero-order valence-corrected chi connectivity index (χ0v) is 18.9. The lowest BCUT2D eigenvalue weighted by Crippen LogP contribution is -2.56. The second kappa shape index (κ2) is 11.7. The lowest BCUT2D eigenvalue weighted by atomic mass is 10.0. The van der Waals surface area contributed by atoms with Crippen molar-refractivity contribution in [3.05, 3.63) is 54.1 Å². The maximum Gasteiger partial charge on any atom is 0.408 e. The summed E-state index contributed by atoms with van der Waals surface area (Å²) in [5.74, 6) is -2.28. The SMILES string of the molecule is CC(C)C(NC(=O)OCc1ccccc1)C(=O)NC1Cc2ncncc2OCCNC(=O)C1=O. The standard InChI is InChI=1S/C23H27N5O6/c1-14(2)19(28-23(32)34-12-15-6-4-3-5-7-15)21(30)27-17-10-16-18(11-24-13-26-16)33-9-8-25-22(31)20(17)29/h3-7,11,13-14,17,19H,8-10,12H2,1-2H3,(H,25,31)(H,27,30)(H,28,32). The van der Waals surface area contributed by atoms with E-state index in [0.717, 1.165) is 5.56 Å². The van der Waals surface area contributed by atoms with Gasteiger partial charge >= 0.3 is 6.09 Å². The number of fused-ring (bicyclic) bond motifs is 1. The summed E-state index contributed by atoms with van der Waals surface area (Å²) in [6, 6.07) is 6.88. The Labute approximate surface area is 196 Å². The van der Waals surface area contributed by atoms with E-state index in [9.17, 15) is 19.2 Å². The number of hydrogen-bond acceptors (Lipinski definition) is 8. The maximum atomic E-state index is 13.0. The van der Waals surface area contributed by atoms with Gasteiger partial charge in [-0.1, -0.05) is 44.2 Å². The van der Waals surface area contributed by atoms with E-state index in [1.54, 1.807) is 26.0 Å². The van der Waals surface area contributed by atoms with Crippen molar-refractivity contribution in [2.24, 2.45) is 5.92 Å². The van der Waals surface area contributed by atoms with Gasteiger partial charge in [-0.3, -0.25) is 14.4 Å². The van der Waals surface area contributed by atoms with E-state index in [0.29, 0.717) is 11.4 Å². The van der Waals surface area contributed by atoms with E-state index in [1.165, 1.54) is 12.5 Å². The number of carbonyl (C=O) groups excluding carboxylic acids is 4. The molecule has 0 fully saturated rings. The molecule has 180 valence electrons. The number of nitrogens with zero attached hydrogens (tertiary/aromatic N) is 2. The minimum absolute atomic E-state index is 0.0386. The Morgan fingerprint density at radius 1 is 1.24 bits per heavy atom. The zero-order valence-electron chi connectivity index (χ0n) is 18.9. The summed E-state index contributed by atoms with van der Waals surface area (Å²) in [6.07, 6.45) is 1.88.